The molecule has 16 heteroatoms. The predicted octanol–water partition coefficient (Wildman–Crippen LogP) is 4.50. The number of aromatic nitrogens is 5. The zero-order valence-electron chi connectivity index (χ0n) is 17.6. The van der Waals surface area contributed by atoms with Gasteiger partial charge in [-0.15, -0.1) is 0 Å². The number of Topliss-reactive ketones (excluding diaryl/α,β-unsaturated/α-hetero) is 1. The lowest BCUT2D eigenvalue weighted by Crippen LogP contribution is -2.18. The van der Waals surface area contributed by atoms with Gasteiger partial charge in [0.15, 0.2) is 22.2 Å². The molecule has 3 aromatic heterocycles. The minimum atomic E-state index is -4.64. The minimum absolute atomic E-state index is 0.0641. The van der Waals surface area contributed by atoms with Crippen molar-refractivity contribution in [2.45, 2.75) is 29.6 Å². The Morgan fingerprint density at radius 3 is 1.91 bits per heavy atom. The Hall–Kier alpha value is -3.01. The number of halogens is 6. The molecule has 184 valence electrons. The molecule has 0 aliphatic carbocycles. The number of nitrogen functional groups attached to an aromatic ring is 1. The number of aldehydes is 1. The maximum Gasteiger partial charge on any atom is 0.449 e. The Morgan fingerprint density at radius 2 is 1.47 bits per heavy atom. The molecular weight excluding hydrogens is 510 g/mol. The molecule has 8 nitrogen and oxygen atoms in total. The van der Waals surface area contributed by atoms with Crippen LogP contribution in [0.25, 0.3) is 11.0 Å². The molecule has 0 amide bonds. The number of thioether (sulfide) groups is 2. The van der Waals surface area contributed by atoms with Gasteiger partial charge in [0, 0.05) is 24.7 Å². The van der Waals surface area contributed by atoms with Gasteiger partial charge in [0.2, 0.25) is 5.78 Å². The first kappa shape index (κ1) is 29.0. The summed E-state index contributed by atoms with van der Waals surface area (Å²) in [7, 11) is 0. The van der Waals surface area contributed by atoms with E-state index in [1.165, 1.54) is 42.0 Å². The SMILES string of the molecule is CC(=O)C(F)(F)F.CSc1ncc(C=O)c(N)n1.CSc1ncc2ccc(C(F)(F)F)nc2n1. The number of rotatable bonds is 3. The molecule has 0 fully saturated rings. The van der Waals surface area contributed by atoms with Gasteiger partial charge in [-0.25, -0.2) is 24.9 Å². The van der Waals surface area contributed by atoms with Gasteiger partial charge in [-0.1, -0.05) is 23.5 Å². The summed E-state index contributed by atoms with van der Waals surface area (Å²) in [6.07, 6.45) is -1.98. The molecule has 0 unspecified atom stereocenters. The van der Waals surface area contributed by atoms with Crippen LogP contribution in [0.4, 0.5) is 32.2 Å². The lowest BCUT2D eigenvalue weighted by molar-refractivity contribution is -0.168. The highest BCUT2D eigenvalue weighted by Crippen LogP contribution is 2.28. The molecule has 3 rings (SSSR count). The van der Waals surface area contributed by atoms with Gasteiger partial charge in [-0.05, 0) is 24.6 Å². The van der Waals surface area contributed by atoms with Gasteiger partial charge in [0.1, 0.15) is 11.5 Å². The molecule has 0 spiro atoms. The summed E-state index contributed by atoms with van der Waals surface area (Å²) in [5.41, 5.74) is 4.87. The summed E-state index contributed by atoms with van der Waals surface area (Å²) >= 11 is 2.64. The van der Waals surface area contributed by atoms with E-state index in [0.29, 0.717) is 34.5 Å². The average molecular weight is 526 g/mol. The Bertz CT molecular complexity index is 1140. The zero-order chi connectivity index (χ0) is 26.1. The van der Waals surface area contributed by atoms with E-state index in [1.54, 1.807) is 6.26 Å². The molecule has 0 atom stereocenters. The number of nitrogens with zero attached hydrogens (tertiary/aromatic N) is 5. The van der Waals surface area contributed by atoms with Crippen molar-refractivity contribution in [1.82, 2.24) is 24.9 Å². The molecule has 0 saturated carbocycles. The first-order chi connectivity index (χ1) is 15.7. The molecule has 0 saturated heterocycles. The maximum absolute atomic E-state index is 12.4. The number of pyridine rings is 1. The summed E-state index contributed by atoms with van der Waals surface area (Å²) in [5.74, 6) is -1.52. The second-order valence-corrected chi connectivity index (χ2v) is 7.38. The van der Waals surface area contributed by atoms with E-state index in [1.807, 2.05) is 6.26 Å². The van der Waals surface area contributed by atoms with Crippen molar-refractivity contribution in [1.29, 1.82) is 0 Å². The molecule has 0 bridgehead atoms. The Labute approximate surface area is 197 Å². The highest BCUT2D eigenvalue weighted by Gasteiger charge is 2.34. The van der Waals surface area contributed by atoms with E-state index in [0.717, 1.165) is 6.07 Å². The summed E-state index contributed by atoms with van der Waals surface area (Å²) in [5, 5.41) is 1.47. The maximum atomic E-state index is 12.4. The topological polar surface area (TPSA) is 125 Å². The number of nitrogens with two attached hydrogens (primary N) is 1. The zero-order valence-corrected chi connectivity index (χ0v) is 19.2. The van der Waals surface area contributed by atoms with E-state index in [-0.39, 0.29) is 11.5 Å². The monoisotopic (exact) mass is 526 g/mol. The molecule has 3 aromatic rings. The smallest absolute Gasteiger partial charge is 0.383 e. The molecule has 2 N–H and O–H groups in total. The number of hydrogen-bond donors (Lipinski definition) is 1. The third-order valence-electron chi connectivity index (χ3n) is 3.43. The first-order valence-corrected chi connectivity index (χ1v) is 11.1. The van der Waals surface area contributed by atoms with Crippen molar-refractivity contribution in [3.63, 3.8) is 0 Å². The van der Waals surface area contributed by atoms with Crippen LogP contribution < -0.4 is 5.73 Å². The molecule has 3 heterocycles. The Morgan fingerprint density at radius 1 is 0.941 bits per heavy atom. The highest BCUT2D eigenvalue weighted by atomic mass is 32.2. The number of alkyl halides is 6. The molecule has 0 aliphatic rings. The summed E-state index contributed by atoms with van der Waals surface area (Å²) in [4.78, 5) is 38.7. The van der Waals surface area contributed by atoms with E-state index in [2.05, 4.69) is 24.9 Å². The van der Waals surface area contributed by atoms with Crippen LogP contribution in [0.15, 0.2) is 34.8 Å². The van der Waals surface area contributed by atoms with Gasteiger partial charge in [0.25, 0.3) is 0 Å². The molecule has 0 aliphatic heterocycles. The van der Waals surface area contributed by atoms with Crippen LogP contribution >= 0.6 is 23.5 Å². The van der Waals surface area contributed by atoms with Gasteiger partial charge in [0.05, 0.1) is 5.56 Å². The van der Waals surface area contributed by atoms with Crippen LogP contribution in [0.3, 0.4) is 0 Å². The first-order valence-electron chi connectivity index (χ1n) is 8.67. The van der Waals surface area contributed by atoms with E-state index in [4.69, 9.17) is 5.73 Å². The van der Waals surface area contributed by atoms with Gasteiger partial charge < -0.3 is 5.73 Å². The average Bonchev–Trinajstić information content (AvgIpc) is 2.77. The Kier molecular flexibility index (Phi) is 10.6. The van der Waals surface area contributed by atoms with E-state index >= 15 is 0 Å². The van der Waals surface area contributed by atoms with Crippen LogP contribution in [0.2, 0.25) is 0 Å². The largest absolute Gasteiger partial charge is 0.449 e. The highest BCUT2D eigenvalue weighted by molar-refractivity contribution is 7.98. The van der Waals surface area contributed by atoms with E-state index < -0.39 is 23.8 Å². The summed E-state index contributed by atoms with van der Waals surface area (Å²) in [6, 6.07) is 2.24. The van der Waals surface area contributed by atoms with Crippen LogP contribution in [-0.2, 0) is 11.0 Å². The fourth-order valence-electron chi connectivity index (χ4n) is 1.73. The summed E-state index contributed by atoms with van der Waals surface area (Å²) < 4.78 is 69.6. The summed E-state index contributed by atoms with van der Waals surface area (Å²) in [6.45, 7) is 0.486. The molecule has 0 radical (unpaired) electrons. The van der Waals surface area contributed by atoms with Crippen molar-refractivity contribution in [3.05, 3.63) is 35.8 Å². The van der Waals surface area contributed by atoms with Crippen LogP contribution in [0.5, 0.6) is 0 Å². The lowest BCUT2D eigenvalue weighted by atomic mass is 10.3. The third kappa shape index (κ3) is 9.09. The predicted molar refractivity (Wildman–Crippen MR) is 114 cm³/mol. The van der Waals surface area contributed by atoms with Crippen molar-refractivity contribution in [2.75, 3.05) is 18.2 Å². The number of hydrogen-bond acceptors (Lipinski definition) is 10. The van der Waals surface area contributed by atoms with Crippen LogP contribution in [-0.4, -0.2) is 55.7 Å². The molecule has 0 aromatic carbocycles. The molecule has 34 heavy (non-hydrogen) atoms. The number of ketones is 1. The number of carbonyl (C=O) groups is 2. The fraction of sp³-hybridized carbons (Fsp3) is 0.278. The Balaban J connectivity index is 0.000000280. The van der Waals surface area contributed by atoms with Crippen molar-refractivity contribution < 1.29 is 35.9 Å². The van der Waals surface area contributed by atoms with Gasteiger partial charge in [-0.2, -0.15) is 26.3 Å². The minimum Gasteiger partial charge on any atom is -0.383 e. The van der Waals surface area contributed by atoms with Crippen molar-refractivity contribution >= 4 is 52.4 Å². The molecular formula is C18H16F6N6O2S2. The third-order valence-corrected chi connectivity index (χ3v) is 4.55. The normalized spacial score (nSPS) is 11.1. The van der Waals surface area contributed by atoms with Crippen molar-refractivity contribution in [2.24, 2.45) is 0 Å². The lowest BCUT2D eigenvalue weighted by Gasteiger charge is -2.06. The number of carbonyl (C=O) groups excluding carboxylic acids is 2. The quantitative estimate of drug-likeness (QED) is 0.226. The fourth-order valence-corrected chi connectivity index (χ4v) is 2.41. The second-order valence-electron chi connectivity index (χ2n) is 5.83. The van der Waals surface area contributed by atoms with Crippen molar-refractivity contribution in [3.8, 4) is 0 Å². The van der Waals surface area contributed by atoms with Gasteiger partial charge >= 0.3 is 12.4 Å². The standard InChI is InChI=1S/C9H6F3N3S.C6H7N3OS.C3H3F3O/c1-16-8-13-4-5-2-3-6(9(10,11)12)14-7(5)15-8;1-11-6-8-2-4(3-10)5(7)9-6;1-2(7)3(4,5)6/h2-4H,1H3;2-3H,1H3,(H2,7,8,9);1H3. The van der Waals surface area contributed by atoms with Crippen LogP contribution in [0, 0.1) is 0 Å². The number of fused-ring (bicyclic) bond motifs is 1. The van der Waals surface area contributed by atoms with E-state index in [9.17, 15) is 35.9 Å². The number of anilines is 1. The van der Waals surface area contributed by atoms with Crippen LogP contribution in [0.1, 0.15) is 23.0 Å². The van der Waals surface area contributed by atoms with Gasteiger partial charge in [-0.3, -0.25) is 9.59 Å². The second kappa shape index (κ2) is 12.5.